The molecule has 0 radical (unpaired) electrons. The SMILES string of the molecule is C=C1C2C[C@]3(C(C[C@H]2OC(C)=O)[C@]24C5C[C@H]3[C@H]2N(CC)C[C@]5(C)CC[C@@H]4O)[C@@H]1O. The van der Waals surface area contributed by atoms with Gasteiger partial charge in [-0.05, 0) is 67.4 Å². The first-order valence-corrected chi connectivity index (χ1v) is 11.7. The maximum atomic E-state index is 11.9. The van der Waals surface area contributed by atoms with E-state index in [9.17, 15) is 15.0 Å². The first-order chi connectivity index (χ1) is 13.7. The number of rotatable bonds is 2. The molecule has 3 unspecified atom stereocenters. The number of aliphatic hydroxyl groups excluding tert-OH is 2. The summed E-state index contributed by atoms with van der Waals surface area (Å²) in [6.07, 6.45) is 3.63. The van der Waals surface area contributed by atoms with Crippen LogP contribution in [0.5, 0.6) is 0 Å². The summed E-state index contributed by atoms with van der Waals surface area (Å²) in [5.41, 5.74) is 0.724. The third-order valence-corrected chi connectivity index (χ3v) is 10.8. The van der Waals surface area contributed by atoms with Gasteiger partial charge in [-0.3, -0.25) is 9.69 Å². The van der Waals surface area contributed by atoms with Gasteiger partial charge < -0.3 is 14.9 Å². The first-order valence-electron chi connectivity index (χ1n) is 11.7. The maximum Gasteiger partial charge on any atom is 0.302 e. The van der Waals surface area contributed by atoms with Crippen LogP contribution in [0.25, 0.3) is 0 Å². The summed E-state index contributed by atoms with van der Waals surface area (Å²) in [6.45, 7) is 12.6. The lowest BCUT2D eigenvalue weighted by Crippen LogP contribution is -2.68. The minimum atomic E-state index is -0.539. The van der Waals surface area contributed by atoms with Crippen molar-refractivity contribution >= 4 is 5.97 Å². The highest BCUT2D eigenvalue weighted by Gasteiger charge is 2.85. The molecule has 0 amide bonds. The van der Waals surface area contributed by atoms with E-state index in [2.05, 4.69) is 25.3 Å². The van der Waals surface area contributed by atoms with Crippen LogP contribution in [0.4, 0.5) is 0 Å². The van der Waals surface area contributed by atoms with Crippen LogP contribution < -0.4 is 0 Å². The minimum absolute atomic E-state index is 0.0583. The smallest absolute Gasteiger partial charge is 0.302 e. The number of fused-ring (bicyclic) bond motifs is 1. The molecular weight excluding hydrogens is 366 g/mol. The molecule has 1 saturated heterocycles. The predicted molar refractivity (Wildman–Crippen MR) is 108 cm³/mol. The zero-order valence-corrected chi connectivity index (χ0v) is 17.9. The normalized spacial score (nSPS) is 59.7. The minimum Gasteiger partial charge on any atom is -0.462 e. The van der Waals surface area contributed by atoms with Gasteiger partial charge >= 0.3 is 5.97 Å². The van der Waals surface area contributed by atoms with Gasteiger partial charge in [0, 0.05) is 36.3 Å². The van der Waals surface area contributed by atoms with Crippen LogP contribution in [0, 0.1) is 39.9 Å². The van der Waals surface area contributed by atoms with Crippen molar-refractivity contribution in [3.05, 3.63) is 12.2 Å². The lowest BCUT2D eigenvalue weighted by Gasteiger charge is -2.65. The van der Waals surface area contributed by atoms with Crippen molar-refractivity contribution in [1.29, 1.82) is 0 Å². The number of ether oxygens (including phenoxy) is 1. The molecule has 2 spiro atoms. The van der Waals surface area contributed by atoms with Crippen LogP contribution in [-0.2, 0) is 9.53 Å². The molecule has 5 aliphatic carbocycles. The molecule has 5 saturated carbocycles. The van der Waals surface area contributed by atoms with Gasteiger partial charge in [0.2, 0.25) is 0 Å². The van der Waals surface area contributed by atoms with Gasteiger partial charge in [0.15, 0.2) is 0 Å². The lowest BCUT2D eigenvalue weighted by molar-refractivity contribution is -0.220. The Balaban J connectivity index is 1.55. The number of hydrogen-bond donors (Lipinski definition) is 2. The van der Waals surface area contributed by atoms with Gasteiger partial charge in [-0.2, -0.15) is 0 Å². The van der Waals surface area contributed by atoms with E-state index >= 15 is 0 Å². The number of nitrogens with zero attached hydrogens (tertiary/aromatic N) is 1. The predicted octanol–water partition coefficient (Wildman–Crippen LogP) is 2.36. The average Bonchev–Trinajstić information content (AvgIpc) is 3.19. The Kier molecular flexibility index (Phi) is 3.55. The van der Waals surface area contributed by atoms with Gasteiger partial charge in [-0.25, -0.2) is 0 Å². The molecule has 0 aromatic heterocycles. The van der Waals surface area contributed by atoms with Gasteiger partial charge in [-0.1, -0.05) is 20.4 Å². The van der Waals surface area contributed by atoms with Crippen LogP contribution in [0.1, 0.15) is 52.9 Å². The molecule has 1 heterocycles. The van der Waals surface area contributed by atoms with E-state index in [1.807, 2.05) is 0 Å². The zero-order valence-electron chi connectivity index (χ0n) is 17.9. The fourth-order valence-electron chi connectivity index (χ4n) is 10.3. The lowest BCUT2D eigenvalue weighted by atomic mass is 9.43. The topological polar surface area (TPSA) is 70.0 Å². The maximum absolute atomic E-state index is 11.9. The van der Waals surface area contributed by atoms with Crippen molar-refractivity contribution in [1.82, 2.24) is 4.90 Å². The summed E-state index contributed by atoms with van der Waals surface area (Å²) in [4.78, 5) is 14.5. The molecule has 5 nitrogen and oxygen atoms in total. The van der Waals surface area contributed by atoms with E-state index in [4.69, 9.17) is 4.74 Å². The molecule has 0 aromatic carbocycles. The summed E-state index contributed by atoms with van der Waals surface area (Å²) >= 11 is 0. The second-order valence-corrected chi connectivity index (χ2v) is 11.4. The molecule has 160 valence electrons. The molecular formula is C24H35NO4. The van der Waals surface area contributed by atoms with E-state index in [1.54, 1.807) is 0 Å². The Bertz CT molecular complexity index is 798. The Morgan fingerprint density at radius 2 is 2.07 bits per heavy atom. The van der Waals surface area contributed by atoms with Crippen LogP contribution in [0.15, 0.2) is 12.2 Å². The number of aliphatic hydroxyl groups is 2. The molecule has 2 N–H and O–H groups in total. The molecule has 0 aromatic rings. The summed E-state index contributed by atoms with van der Waals surface area (Å²) in [5.74, 6) is 0.914. The molecule has 6 rings (SSSR count). The van der Waals surface area contributed by atoms with Crippen LogP contribution in [-0.4, -0.2) is 58.5 Å². The summed E-state index contributed by atoms with van der Waals surface area (Å²) in [5, 5.41) is 23.2. The van der Waals surface area contributed by atoms with Crippen molar-refractivity contribution in [2.24, 2.45) is 39.9 Å². The molecule has 1 aliphatic heterocycles. The van der Waals surface area contributed by atoms with E-state index in [-0.39, 0.29) is 46.3 Å². The molecule has 6 fully saturated rings. The fourth-order valence-corrected chi connectivity index (χ4v) is 10.3. The van der Waals surface area contributed by atoms with Crippen molar-refractivity contribution < 1.29 is 19.7 Å². The molecule has 5 heteroatoms. The van der Waals surface area contributed by atoms with Crippen molar-refractivity contribution in [2.45, 2.75) is 77.2 Å². The fraction of sp³-hybridized carbons (Fsp3) is 0.875. The Morgan fingerprint density at radius 3 is 2.76 bits per heavy atom. The highest BCUT2D eigenvalue weighted by Crippen LogP contribution is 2.83. The van der Waals surface area contributed by atoms with E-state index in [0.717, 1.165) is 50.8 Å². The number of hydrogen-bond acceptors (Lipinski definition) is 5. The number of carbonyl (C=O) groups excluding carboxylic acids is 1. The largest absolute Gasteiger partial charge is 0.462 e. The average molecular weight is 402 g/mol. The zero-order chi connectivity index (χ0) is 20.5. The highest BCUT2D eigenvalue weighted by molar-refractivity contribution is 5.66. The molecule has 7 bridgehead atoms. The molecule has 11 atom stereocenters. The second-order valence-electron chi connectivity index (χ2n) is 11.4. The van der Waals surface area contributed by atoms with Crippen LogP contribution in [0.3, 0.4) is 0 Å². The van der Waals surface area contributed by atoms with E-state index < -0.39 is 6.10 Å². The Hall–Kier alpha value is -0.910. The number of esters is 1. The quantitative estimate of drug-likeness (QED) is 0.549. The third-order valence-electron chi connectivity index (χ3n) is 10.8. The summed E-state index contributed by atoms with van der Waals surface area (Å²) < 4.78 is 5.82. The van der Waals surface area contributed by atoms with E-state index in [0.29, 0.717) is 17.9 Å². The Morgan fingerprint density at radius 1 is 1.31 bits per heavy atom. The van der Waals surface area contributed by atoms with Crippen molar-refractivity contribution in [3.63, 3.8) is 0 Å². The number of carbonyl (C=O) groups is 1. The van der Waals surface area contributed by atoms with Crippen molar-refractivity contribution in [3.8, 4) is 0 Å². The monoisotopic (exact) mass is 401 g/mol. The van der Waals surface area contributed by atoms with Gasteiger partial charge in [-0.15, -0.1) is 0 Å². The number of likely N-dealkylation sites (tertiary alicyclic amines) is 1. The number of piperidine rings is 1. The second kappa shape index (κ2) is 5.46. The van der Waals surface area contributed by atoms with Crippen LogP contribution >= 0.6 is 0 Å². The van der Waals surface area contributed by atoms with Gasteiger partial charge in [0.25, 0.3) is 0 Å². The van der Waals surface area contributed by atoms with E-state index in [1.165, 1.54) is 6.92 Å². The van der Waals surface area contributed by atoms with Gasteiger partial charge in [0.05, 0.1) is 12.2 Å². The highest BCUT2D eigenvalue weighted by atomic mass is 16.5. The molecule has 6 aliphatic rings. The molecule has 29 heavy (non-hydrogen) atoms. The van der Waals surface area contributed by atoms with Crippen LogP contribution in [0.2, 0.25) is 0 Å². The standard InChI is InChI=1S/C24H35NO4/c1-5-25-11-22(4)7-6-19(27)24-17(22)8-15(20(24)25)23-10-14(12(2)21(23)28)16(9-18(23)24)29-13(3)26/h14-21,27-28H,2,5-11H2,1,3-4H3/t14?,15-,16+,17?,18?,19-,20+,21+,22-,23-,24-/m0/s1. The van der Waals surface area contributed by atoms with Gasteiger partial charge in [0.1, 0.15) is 6.10 Å². The first kappa shape index (κ1) is 18.8. The summed E-state index contributed by atoms with van der Waals surface area (Å²) in [6, 6.07) is 0.336. The third kappa shape index (κ3) is 1.81. The van der Waals surface area contributed by atoms with Crippen molar-refractivity contribution in [2.75, 3.05) is 13.1 Å². The summed E-state index contributed by atoms with van der Waals surface area (Å²) in [7, 11) is 0. The Labute approximate surface area is 173 Å².